The Morgan fingerprint density at radius 3 is 2.55 bits per heavy atom. The number of unbranched alkanes of at least 4 members (excludes halogenated alkanes) is 1. The van der Waals surface area contributed by atoms with Gasteiger partial charge < -0.3 is 0 Å². The summed E-state index contributed by atoms with van der Waals surface area (Å²) in [4.78, 5) is 0. The largest absolute Gasteiger partial charge is 0.192 e. The summed E-state index contributed by atoms with van der Waals surface area (Å²) in [5, 5.41) is 8.68. The van der Waals surface area contributed by atoms with Crippen molar-refractivity contribution in [3.05, 3.63) is 23.8 Å². The van der Waals surface area contributed by atoms with Crippen LogP contribution in [0.2, 0.25) is 0 Å². The Morgan fingerprint density at radius 2 is 2.18 bits per heavy atom. The van der Waals surface area contributed by atoms with Crippen molar-refractivity contribution >= 4 is 0 Å². The third-order valence-electron chi connectivity index (χ3n) is 1.57. The zero-order valence-corrected chi connectivity index (χ0v) is 7.35. The molecular weight excluding hydrogens is 134 g/mol. The quantitative estimate of drug-likeness (QED) is 0.445. The van der Waals surface area contributed by atoms with Gasteiger partial charge in [0.05, 0.1) is 11.6 Å². The molecule has 0 saturated carbocycles. The molecule has 0 spiro atoms. The molecule has 0 fully saturated rings. The first kappa shape index (κ1) is 9.97. The highest BCUT2D eigenvalue weighted by molar-refractivity contribution is 5.39. The first-order valence-electron chi connectivity index (χ1n) is 4.04. The minimum Gasteiger partial charge on any atom is -0.192 e. The van der Waals surface area contributed by atoms with E-state index >= 15 is 0 Å². The zero-order chi connectivity index (χ0) is 8.69. The Morgan fingerprint density at radius 1 is 1.55 bits per heavy atom. The Labute approximate surface area is 69.0 Å². The van der Waals surface area contributed by atoms with E-state index in [4.69, 9.17) is 5.26 Å². The molecule has 0 atom stereocenters. The van der Waals surface area contributed by atoms with Crippen LogP contribution < -0.4 is 0 Å². The summed E-state index contributed by atoms with van der Waals surface area (Å²) in [6.45, 7) is 7.92. The summed E-state index contributed by atoms with van der Waals surface area (Å²) < 4.78 is 0. The van der Waals surface area contributed by atoms with Crippen LogP contribution in [0.3, 0.4) is 0 Å². The van der Waals surface area contributed by atoms with Gasteiger partial charge in [0.15, 0.2) is 0 Å². The van der Waals surface area contributed by atoms with E-state index in [-0.39, 0.29) is 0 Å². The highest BCUT2D eigenvalue weighted by atomic mass is 14.2. The van der Waals surface area contributed by atoms with Crippen molar-refractivity contribution in [2.45, 2.75) is 33.1 Å². The van der Waals surface area contributed by atoms with Crippen molar-refractivity contribution in [1.82, 2.24) is 0 Å². The zero-order valence-electron chi connectivity index (χ0n) is 7.35. The van der Waals surface area contributed by atoms with Crippen LogP contribution in [0.25, 0.3) is 0 Å². The number of nitrogens with zero attached hydrogens (tertiary/aromatic N) is 1. The summed E-state index contributed by atoms with van der Waals surface area (Å²) in [6.07, 6.45) is 4.89. The standard InChI is InChI=1S/C10H15N/c1-4-6-7-10(8-11)9(3)5-2/h7H,3-6H2,1-2H3/b10-7+. The first-order chi connectivity index (χ1) is 5.26. The Bertz CT molecular complexity index is 193. The molecule has 0 aromatic rings. The van der Waals surface area contributed by atoms with Gasteiger partial charge in [-0.1, -0.05) is 32.9 Å². The second-order valence-electron chi connectivity index (χ2n) is 2.48. The molecule has 0 saturated heterocycles. The fourth-order valence-corrected chi connectivity index (χ4v) is 0.748. The van der Waals surface area contributed by atoms with Crippen molar-refractivity contribution in [1.29, 1.82) is 5.26 Å². The van der Waals surface area contributed by atoms with Crippen molar-refractivity contribution in [3.63, 3.8) is 0 Å². The summed E-state index contributed by atoms with van der Waals surface area (Å²) in [7, 11) is 0. The lowest BCUT2D eigenvalue weighted by atomic mass is 10.1. The van der Waals surface area contributed by atoms with Crippen LogP contribution in [-0.2, 0) is 0 Å². The number of rotatable bonds is 4. The molecule has 0 aromatic carbocycles. The van der Waals surface area contributed by atoms with Gasteiger partial charge in [-0.05, 0) is 18.4 Å². The van der Waals surface area contributed by atoms with Gasteiger partial charge in [-0.2, -0.15) is 5.26 Å². The van der Waals surface area contributed by atoms with E-state index in [1.165, 1.54) is 0 Å². The molecule has 0 N–H and O–H groups in total. The molecule has 0 amide bonds. The number of hydrogen-bond donors (Lipinski definition) is 0. The predicted molar refractivity (Wildman–Crippen MR) is 48.0 cm³/mol. The van der Waals surface area contributed by atoms with Crippen LogP contribution in [0, 0.1) is 11.3 Å². The minimum atomic E-state index is 0.759. The topological polar surface area (TPSA) is 23.8 Å². The van der Waals surface area contributed by atoms with Crippen LogP contribution in [0.4, 0.5) is 0 Å². The lowest BCUT2D eigenvalue weighted by Crippen LogP contribution is -1.82. The van der Waals surface area contributed by atoms with Crippen LogP contribution >= 0.6 is 0 Å². The number of nitriles is 1. The van der Waals surface area contributed by atoms with E-state index in [9.17, 15) is 0 Å². The predicted octanol–water partition coefficient (Wildman–Crippen LogP) is 3.20. The van der Waals surface area contributed by atoms with Crippen molar-refractivity contribution < 1.29 is 0 Å². The van der Waals surface area contributed by atoms with Crippen LogP contribution in [0.15, 0.2) is 23.8 Å². The van der Waals surface area contributed by atoms with Gasteiger partial charge in [-0.15, -0.1) is 0 Å². The molecule has 0 bridgehead atoms. The molecule has 0 aliphatic heterocycles. The van der Waals surface area contributed by atoms with Crippen molar-refractivity contribution in [3.8, 4) is 6.07 Å². The molecule has 0 heterocycles. The monoisotopic (exact) mass is 149 g/mol. The number of hydrogen-bond acceptors (Lipinski definition) is 1. The first-order valence-corrected chi connectivity index (χ1v) is 4.04. The summed E-state index contributed by atoms with van der Waals surface area (Å²) in [5.41, 5.74) is 1.70. The van der Waals surface area contributed by atoms with Crippen molar-refractivity contribution in [2.24, 2.45) is 0 Å². The molecule has 0 aliphatic carbocycles. The highest BCUT2D eigenvalue weighted by Crippen LogP contribution is 2.11. The molecule has 0 radical (unpaired) electrons. The van der Waals surface area contributed by atoms with Crippen LogP contribution in [0.5, 0.6) is 0 Å². The smallest absolute Gasteiger partial charge is 0.0990 e. The van der Waals surface area contributed by atoms with E-state index in [0.29, 0.717) is 0 Å². The van der Waals surface area contributed by atoms with Gasteiger partial charge in [0.1, 0.15) is 0 Å². The molecule has 0 aliphatic rings. The molecule has 1 nitrogen and oxygen atoms in total. The van der Waals surface area contributed by atoms with E-state index in [1.807, 2.05) is 13.0 Å². The van der Waals surface area contributed by atoms with E-state index < -0.39 is 0 Å². The maximum absolute atomic E-state index is 8.68. The van der Waals surface area contributed by atoms with Crippen LogP contribution in [-0.4, -0.2) is 0 Å². The van der Waals surface area contributed by atoms with E-state index in [1.54, 1.807) is 0 Å². The average Bonchev–Trinajstić information content (AvgIpc) is 2.05. The molecule has 0 rings (SSSR count). The fraction of sp³-hybridized carbons (Fsp3) is 0.500. The summed E-state index contributed by atoms with van der Waals surface area (Å²) in [6, 6.07) is 2.15. The molecular formula is C10H15N. The average molecular weight is 149 g/mol. The normalized spacial score (nSPS) is 10.8. The third-order valence-corrected chi connectivity index (χ3v) is 1.57. The van der Waals surface area contributed by atoms with Gasteiger partial charge in [-0.3, -0.25) is 0 Å². The van der Waals surface area contributed by atoms with Gasteiger partial charge in [0.25, 0.3) is 0 Å². The van der Waals surface area contributed by atoms with Crippen molar-refractivity contribution in [2.75, 3.05) is 0 Å². The second-order valence-corrected chi connectivity index (χ2v) is 2.48. The third kappa shape index (κ3) is 3.62. The molecule has 1 heteroatoms. The Balaban J connectivity index is 4.18. The summed E-state index contributed by atoms with van der Waals surface area (Å²) in [5.74, 6) is 0. The van der Waals surface area contributed by atoms with Crippen LogP contribution in [0.1, 0.15) is 33.1 Å². The molecule has 0 aromatic heterocycles. The molecule has 0 unspecified atom stereocenters. The Kier molecular flexibility index (Phi) is 5.20. The maximum Gasteiger partial charge on any atom is 0.0990 e. The minimum absolute atomic E-state index is 0.759. The second kappa shape index (κ2) is 5.73. The van der Waals surface area contributed by atoms with Gasteiger partial charge in [0, 0.05) is 0 Å². The van der Waals surface area contributed by atoms with E-state index in [0.717, 1.165) is 30.4 Å². The lowest BCUT2D eigenvalue weighted by Gasteiger charge is -1.97. The number of allylic oxidation sites excluding steroid dienone is 3. The highest BCUT2D eigenvalue weighted by Gasteiger charge is 1.96. The lowest BCUT2D eigenvalue weighted by molar-refractivity contribution is 0.950. The van der Waals surface area contributed by atoms with Gasteiger partial charge in [-0.25, -0.2) is 0 Å². The Hall–Kier alpha value is -1.03. The fourth-order valence-electron chi connectivity index (χ4n) is 0.748. The van der Waals surface area contributed by atoms with Gasteiger partial charge >= 0.3 is 0 Å². The van der Waals surface area contributed by atoms with Gasteiger partial charge in [0.2, 0.25) is 0 Å². The molecule has 60 valence electrons. The molecule has 11 heavy (non-hydrogen) atoms. The SMILES string of the molecule is C=C(CC)/C(C#N)=C/CCC. The summed E-state index contributed by atoms with van der Waals surface area (Å²) >= 11 is 0. The van der Waals surface area contributed by atoms with E-state index in [2.05, 4.69) is 19.6 Å². The maximum atomic E-state index is 8.68.